The Hall–Kier alpha value is -1.49. The first-order valence-corrected chi connectivity index (χ1v) is 7.59. The van der Waals surface area contributed by atoms with E-state index in [2.05, 4.69) is 5.32 Å². The van der Waals surface area contributed by atoms with E-state index in [1.807, 2.05) is 37.4 Å². The first-order chi connectivity index (χ1) is 9.15. The Balaban J connectivity index is 2.04. The van der Waals surface area contributed by atoms with E-state index in [4.69, 9.17) is 0 Å². The predicted molar refractivity (Wildman–Crippen MR) is 77.2 cm³/mol. The zero-order valence-corrected chi connectivity index (χ0v) is 12.0. The zero-order valence-electron chi connectivity index (χ0n) is 11.2. The summed E-state index contributed by atoms with van der Waals surface area (Å²) in [4.78, 5) is 26.6. The van der Waals surface area contributed by atoms with Crippen LogP contribution in [0, 0.1) is 5.92 Å². The van der Waals surface area contributed by atoms with Gasteiger partial charge in [0.2, 0.25) is 11.8 Å². The van der Waals surface area contributed by atoms with E-state index in [0.29, 0.717) is 19.5 Å². The molecule has 4 nitrogen and oxygen atoms in total. The summed E-state index contributed by atoms with van der Waals surface area (Å²) in [7, 11) is 0. The minimum Gasteiger partial charge on any atom is -0.342 e. The lowest BCUT2D eigenvalue weighted by Crippen LogP contribution is -2.28. The minimum atomic E-state index is -0.234. The van der Waals surface area contributed by atoms with Gasteiger partial charge in [0.05, 0.1) is 11.6 Å². The van der Waals surface area contributed by atoms with Gasteiger partial charge in [-0.1, -0.05) is 12.1 Å². The van der Waals surface area contributed by atoms with Crippen molar-refractivity contribution in [1.29, 1.82) is 0 Å². The second-order valence-electron chi connectivity index (χ2n) is 4.52. The van der Waals surface area contributed by atoms with Crippen molar-refractivity contribution in [3.05, 3.63) is 24.3 Å². The third kappa shape index (κ3) is 3.10. The summed E-state index contributed by atoms with van der Waals surface area (Å²) in [6.07, 6.45) is 2.30. The maximum atomic E-state index is 12.2. The highest BCUT2D eigenvalue weighted by Crippen LogP contribution is 2.26. The van der Waals surface area contributed by atoms with Crippen LogP contribution in [0.5, 0.6) is 0 Å². The summed E-state index contributed by atoms with van der Waals surface area (Å²) < 4.78 is 0. The summed E-state index contributed by atoms with van der Waals surface area (Å²) in [6.45, 7) is 3.13. The van der Waals surface area contributed by atoms with Crippen molar-refractivity contribution in [3.8, 4) is 0 Å². The van der Waals surface area contributed by atoms with Crippen molar-refractivity contribution in [2.24, 2.45) is 5.92 Å². The highest BCUT2D eigenvalue weighted by atomic mass is 32.2. The molecule has 0 saturated carbocycles. The van der Waals surface area contributed by atoms with Gasteiger partial charge < -0.3 is 10.2 Å². The molecule has 1 aromatic rings. The van der Waals surface area contributed by atoms with Crippen LogP contribution in [-0.4, -0.2) is 36.1 Å². The SMILES string of the molecule is CCN1C[C@H](C(=O)Nc2ccccc2SC)CC1=O. The molecule has 1 atom stereocenters. The number of nitrogens with one attached hydrogen (secondary N) is 1. The molecule has 2 rings (SSSR count). The van der Waals surface area contributed by atoms with Crippen molar-refractivity contribution in [3.63, 3.8) is 0 Å². The fourth-order valence-electron chi connectivity index (χ4n) is 2.24. The van der Waals surface area contributed by atoms with E-state index in [0.717, 1.165) is 10.6 Å². The molecule has 1 heterocycles. The number of nitrogens with zero attached hydrogens (tertiary/aromatic N) is 1. The smallest absolute Gasteiger partial charge is 0.229 e. The third-order valence-electron chi connectivity index (χ3n) is 3.33. The van der Waals surface area contributed by atoms with Gasteiger partial charge in [-0.15, -0.1) is 11.8 Å². The van der Waals surface area contributed by atoms with Crippen LogP contribution in [0.15, 0.2) is 29.2 Å². The molecular weight excluding hydrogens is 260 g/mol. The Bertz CT molecular complexity index is 490. The third-order valence-corrected chi connectivity index (χ3v) is 4.13. The van der Waals surface area contributed by atoms with E-state index >= 15 is 0 Å². The summed E-state index contributed by atoms with van der Waals surface area (Å²) >= 11 is 1.59. The lowest BCUT2D eigenvalue weighted by atomic mass is 10.1. The average Bonchev–Trinajstić information content (AvgIpc) is 2.80. The Morgan fingerprint density at radius 3 is 2.84 bits per heavy atom. The number of anilines is 1. The molecule has 102 valence electrons. The van der Waals surface area contributed by atoms with E-state index in [-0.39, 0.29) is 17.7 Å². The van der Waals surface area contributed by atoms with E-state index in [9.17, 15) is 9.59 Å². The average molecular weight is 278 g/mol. The second-order valence-corrected chi connectivity index (χ2v) is 5.37. The summed E-state index contributed by atoms with van der Waals surface area (Å²) in [5.41, 5.74) is 0.822. The molecular formula is C14H18N2O2S. The molecule has 2 amide bonds. The van der Waals surface area contributed by atoms with Gasteiger partial charge in [-0.05, 0) is 25.3 Å². The van der Waals surface area contributed by atoms with Gasteiger partial charge in [0.1, 0.15) is 0 Å². The van der Waals surface area contributed by atoms with Crippen molar-refractivity contribution in [2.45, 2.75) is 18.2 Å². The molecule has 0 spiro atoms. The number of carbonyl (C=O) groups excluding carboxylic acids is 2. The van der Waals surface area contributed by atoms with Crippen LogP contribution in [-0.2, 0) is 9.59 Å². The monoisotopic (exact) mass is 278 g/mol. The number of thioether (sulfide) groups is 1. The van der Waals surface area contributed by atoms with Crippen LogP contribution in [0.1, 0.15) is 13.3 Å². The number of likely N-dealkylation sites (tertiary alicyclic amines) is 1. The molecule has 0 radical (unpaired) electrons. The van der Waals surface area contributed by atoms with Crippen LogP contribution in [0.3, 0.4) is 0 Å². The number of carbonyl (C=O) groups is 2. The Morgan fingerprint density at radius 2 is 2.21 bits per heavy atom. The predicted octanol–water partition coefficient (Wildman–Crippen LogP) is 2.22. The quantitative estimate of drug-likeness (QED) is 0.859. The first kappa shape index (κ1) is 13.9. The highest BCUT2D eigenvalue weighted by Gasteiger charge is 2.33. The highest BCUT2D eigenvalue weighted by molar-refractivity contribution is 7.98. The van der Waals surface area contributed by atoms with Crippen LogP contribution in [0.2, 0.25) is 0 Å². The van der Waals surface area contributed by atoms with Gasteiger partial charge >= 0.3 is 0 Å². The molecule has 5 heteroatoms. The molecule has 1 fully saturated rings. The maximum absolute atomic E-state index is 12.2. The number of hydrogen-bond acceptors (Lipinski definition) is 3. The van der Waals surface area contributed by atoms with Gasteiger partial charge in [-0.2, -0.15) is 0 Å². The van der Waals surface area contributed by atoms with Gasteiger partial charge in [-0.3, -0.25) is 9.59 Å². The van der Waals surface area contributed by atoms with Crippen molar-refractivity contribution in [1.82, 2.24) is 4.90 Å². The Labute approximate surface area is 117 Å². The first-order valence-electron chi connectivity index (χ1n) is 6.37. The molecule has 1 aliphatic rings. The summed E-state index contributed by atoms with van der Waals surface area (Å²) in [6, 6.07) is 7.70. The Kier molecular flexibility index (Phi) is 4.47. The molecule has 1 aromatic carbocycles. The number of hydrogen-bond donors (Lipinski definition) is 1. The molecule has 1 saturated heterocycles. The van der Waals surface area contributed by atoms with Crippen LogP contribution < -0.4 is 5.32 Å². The summed E-state index contributed by atoms with van der Waals surface area (Å²) in [5.74, 6) is -0.228. The molecule has 0 unspecified atom stereocenters. The fraction of sp³-hybridized carbons (Fsp3) is 0.429. The number of para-hydroxylation sites is 1. The molecule has 0 bridgehead atoms. The normalized spacial score (nSPS) is 18.7. The standard InChI is InChI=1S/C14H18N2O2S/c1-3-16-9-10(8-13(16)17)14(18)15-11-6-4-5-7-12(11)19-2/h4-7,10H,3,8-9H2,1-2H3,(H,15,18)/t10-/m1/s1. The lowest BCUT2D eigenvalue weighted by molar-refractivity contribution is -0.128. The van der Waals surface area contributed by atoms with Crippen LogP contribution in [0.4, 0.5) is 5.69 Å². The van der Waals surface area contributed by atoms with E-state index in [1.165, 1.54) is 0 Å². The van der Waals surface area contributed by atoms with E-state index in [1.54, 1.807) is 16.7 Å². The second kappa shape index (κ2) is 6.10. The number of amides is 2. The molecule has 0 aromatic heterocycles. The van der Waals surface area contributed by atoms with Gasteiger partial charge in [0, 0.05) is 24.4 Å². The molecule has 19 heavy (non-hydrogen) atoms. The number of rotatable bonds is 4. The van der Waals surface area contributed by atoms with Gasteiger partial charge in [0.15, 0.2) is 0 Å². The fourth-order valence-corrected chi connectivity index (χ4v) is 2.79. The van der Waals surface area contributed by atoms with Crippen LogP contribution >= 0.6 is 11.8 Å². The minimum absolute atomic E-state index is 0.0641. The molecule has 1 aliphatic heterocycles. The van der Waals surface area contributed by atoms with E-state index < -0.39 is 0 Å². The summed E-state index contributed by atoms with van der Waals surface area (Å²) in [5, 5.41) is 2.93. The largest absolute Gasteiger partial charge is 0.342 e. The van der Waals surface area contributed by atoms with Gasteiger partial charge in [-0.25, -0.2) is 0 Å². The Morgan fingerprint density at radius 1 is 1.47 bits per heavy atom. The zero-order chi connectivity index (χ0) is 13.8. The lowest BCUT2D eigenvalue weighted by Gasteiger charge is -2.14. The van der Waals surface area contributed by atoms with Crippen molar-refractivity contribution < 1.29 is 9.59 Å². The maximum Gasteiger partial charge on any atom is 0.229 e. The van der Waals surface area contributed by atoms with Crippen molar-refractivity contribution >= 4 is 29.3 Å². The van der Waals surface area contributed by atoms with Crippen LogP contribution in [0.25, 0.3) is 0 Å². The molecule has 1 N–H and O–H groups in total. The number of benzene rings is 1. The topological polar surface area (TPSA) is 49.4 Å². The van der Waals surface area contributed by atoms with Crippen molar-refractivity contribution in [2.75, 3.05) is 24.7 Å². The van der Waals surface area contributed by atoms with Gasteiger partial charge in [0.25, 0.3) is 0 Å². The molecule has 0 aliphatic carbocycles.